The summed E-state index contributed by atoms with van der Waals surface area (Å²) >= 11 is 5.74. The van der Waals surface area contributed by atoms with Gasteiger partial charge in [0, 0.05) is 23.9 Å². The molecule has 2 aromatic rings. The maximum Gasteiger partial charge on any atom is 0.267 e. The van der Waals surface area contributed by atoms with E-state index in [1.54, 1.807) is 36.5 Å². The lowest BCUT2D eigenvalue weighted by Gasteiger charge is -2.14. The first-order chi connectivity index (χ1) is 11.0. The van der Waals surface area contributed by atoms with Gasteiger partial charge < -0.3 is 11.1 Å². The Kier molecular flexibility index (Phi) is 5.64. The smallest absolute Gasteiger partial charge is 0.267 e. The molecule has 0 saturated carbocycles. The average Bonchev–Trinajstić information content (AvgIpc) is 2.59. The van der Waals surface area contributed by atoms with Crippen LogP contribution in [0.15, 0.2) is 42.6 Å². The monoisotopic (exact) mass is 334 g/mol. The summed E-state index contributed by atoms with van der Waals surface area (Å²) in [4.78, 5) is 27.4. The number of nitrogens with one attached hydrogen (secondary N) is 2. The van der Waals surface area contributed by atoms with Gasteiger partial charge in [0.2, 0.25) is 0 Å². The van der Waals surface area contributed by atoms with E-state index in [1.165, 1.54) is 5.48 Å². The SMILES string of the molecule is NC[C@H](NC(=O)c1ccc(-c2ccc(Cl)nc2)cc1)C(=O)NO. The van der Waals surface area contributed by atoms with Crippen molar-refractivity contribution in [3.63, 3.8) is 0 Å². The molecule has 0 radical (unpaired) electrons. The molecular formula is C15H15ClN4O3. The summed E-state index contributed by atoms with van der Waals surface area (Å²) in [6, 6.07) is 9.23. The fraction of sp³-hybridized carbons (Fsp3) is 0.133. The standard InChI is InChI=1S/C15H15ClN4O3/c16-13-6-5-11(8-18-13)9-1-3-10(4-2-9)14(21)19-12(7-17)15(22)20-23/h1-6,8,12,23H,7,17H2,(H,19,21)(H,20,22)/t12-/m0/s1. The maximum atomic E-state index is 12.1. The number of benzene rings is 1. The van der Waals surface area contributed by atoms with Crippen molar-refractivity contribution in [1.82, 2.24) is 15.8 Å². The quantitative estimate of drug-likeness (QED) is 0.369. The molecule has 0 aliphatic carbocycles. The third-order valence-corrected chi connectivity index (χ3v) is 3.40. The molecule has 8 heteroatoms. The van der Waals surface area contributed by atoms with Crippen LogP contribution in [0.25, 0.3) is 11.1 Å². The number of aromatic nitrogens is 1. The zero-order valence-electron chi connectivity index (χ0n) is 12.0. The van der Waals surface area contributed by atoms with Crippen LogP contribution in [0, 0.1) is 0 Å². The molecule has 1 aromatic carbocycles. The van der Waals surface area contributed by atoms with Crippen molar-refractivity contribution in [1.29, 1.82) is 0 Å². The third kappa shape index (κ3) is 4.26. The number of hydrogen-bond acceptors (Lipinski definition) is 5. The molecule has 0 spiro atoms. The fourth-order valence-corrected chi connectivity index (χ4v) is 2.02. The van der Waals surface area contributed by atoms with Gasteiger partial charge in [-0.3, -0.25) is 14.8 Å². The highest BCUT2D eigenvalue weighted by Gasteiger charge is 2.19. The predicted octanol–water partition coefficient (Wildman–Crippen LogP) is 0.964. The fourth-order valence-electron chi connectivity index (χ4n) is 1.91. The number of carbonyl (C=O) groups excluding carboxylic acids is 2. The Morgan fingerprint density at radius 1 is 1.17 bits per heavy atom. The Balaban J connectivity index is 2.11. The molecule has 5 N–H and O–H groups in total. The second kappa shape index (κ2) is 7.68. The molecule has 1 aromatic heterocycles. The molecule has 2 amide bonds. The Hall–Kier alpha value is -2.48. The number of rotatable bonds is 5. The van der Waals surface area contributed by atoms with Gasteiger partial charge >= 0.3 is 0 Å². The molecule has 0 saturated heterocycles. The van der Waals surface area contributed by atoms with Crippen LogP contribution in [0.1, 0.15) is 10.4 Å². The van der Waals surface area contributed by atoms with Crippen LogP contribution in [0.4, 0.5) is 0 Å². The van der Waals surface area contributed by atoms with Gasteiger partial charge in [0.1, 0.15) is 11.2 Å². The van der Waals surface area contributed by atoms with Gasteiger partial charge in [-0.15, -0.1) is 0 Å². The lowest BCUT2D eigenvalue weighted by atomic mass is 10.1. The van der Waals surface area contributed by atoms with Gasteiger partial charge in [0.05, 0.1) is 0 Å². The number of amides is 2. The Morgan fingerprint density at radius 3 is 2.35 bits per heavy atom. The summed E-state index contributed by atoms with van der Waals surface area (Å²) < 4.78 is 0. The van der Waals surface area contributed by atoms with Gasteiger partial charge in [-0.2, -0.15) is 0 Å². The molecule has 7 nitrogen and oxygen atoms in total. The number of halogens is 1. The number of nitrogens with zero attached hydrogens (tertiary/aromatic N) is 1. The van der Waals surface area contributed by atoms with Crippen LogP contribution in [0.2, 0.25) is 5.15 Å². The highest BCUT2D eigenvalue weighted by Crippen LogP contribution is 2.20. The van der Waals surface area contributed by atoms with Crippen molar-refractivity contribution in [2.45, 2.75) is 6.04 Å². The minimum Gasteiger partial charge on any atom is -0.339 e. The molecule has 1 atom stereocenters. The largest absolute Gasteiger partial charge is 0.339 e. The second-order valence-corrected chi connectivity index (χ2v) is 5.07. The van der Waals surface area contributed by atoms with Gasteiger partial charge in [0.15, 0.2) is 0 Å². The number of hydroxylamine groups is 1. The molecule has 0 bridgehead atoms. The molecule has 1 heterocycles. The molecule has 0 aliphatic heterocycles. The first-order valence-electron chi connectivity index (χ1n) is 6.72. The summed E-state index contributed by atoms with van der Waals surface area (Å²) in [6.45, 7) is -0.132. The Labute approximate surface area is 137 Å². The van der Waals surface area contributed by atoms with Crippen LogP contribution in [0.3, 0.4) is 0 Å². The summed E-state index contributed by atoms with van der Waals surface area (Å²) in [5.41, 5.74) is 8.93. The van der Waals surface area contributed by atoms with Crippen LogP contribution in [-0.2, 0) is 4.79 Å². The van der Waals surface area contributed by atoms with Crippen molar-refractivity contribution in [3.05, 3.63) is 53.3 Å². The van der Waals surface area contributed by atoms with E-state index in [1.807, 2.05) is 6.07 Å². The molecule has 120 valence electrons. The van der Waals surface area contributed by atoms with Crippen molar-refractivity contribution in [2.75, 3.05) is 6.54 Å². The van der Waals surface area contributed by atoms with E-state index >= 15 is 0 Å². The van der Waals surface area contributed by atoms with Crippen LogP contribution < -0.4 is 16.5 Å². The van der Waals surface area contributed by atoms with E-state index in [4.69, 9.17) is 22.5 Å². The summed E-state index contributed by atoms with van der Waals surface area (Å²) in [5, 5.41) is 11.4. The summed E-state index contributed by atoms with van der Waals surface area (Å²) in [7, 11) is 0. The first kappa shape index (κ1) is 16.9. The highest BCUT2D eigenvalue weighted by molar-refractivity contribution is 6.29. The minimum atomic E-state index is -1.01. The summed E-state index contributed by atoms with van der Waals surface area (Å²) in [6.07, 6.45) is 1.63. The Bertz CT molecular complexity index is 689. The minimum absolute atomic E-state index is 0.132. The zero-order valence-corrected chi connectivity index (χ0v) is 12.7. The zero-order chi connectivity index (χ0) is 16.8. The van der Waals surface area contributed by atoms with Crippen LogP contribution in [-0.4, -0.2) is 34.6 Å². The number of hydrogen-bond donors (Lipinski definition) is 4. The molecule has 2 rings (SSSR count). The van der Waals surface area contributed by atoms with Gasteiger partial charge in [0.25, 0.3) is 11.8 Å². The molecular weight excluding hydrogens is 320 g/mol. The first-order valence-corrected chi connectivity index (χ1v) is 7.10. The number of pyridine rings is 1. The van der Waals surface area contributed by atoms with E-state index in [9.17, 15) is 9.59 Å². The second-order valence-electron chi connectivity index (χ2n) is 4.68. The van der Waals surface area contributed by atoms with E-state index in [-0.39, 0.29) is 6.54 Å². The molecule has 23 heavy (non-hydrogen) atoms. The number of carbonyl (C=O) groups is 2. The molecule has 0 aliphatic rings. The third-order valence-electron chi connectivity index (χ3n) is 3.18. The van der Waals surface area contributed by atoms with Crippen LogP contribution >= 0.6 is 11.6 Å². The van der Waals surface area contributed by atoms with Crippen LogP contribution in [0.5, 0.6) is 0 Å². The van der Waals surface area contributed by atoms with Gasteiger partial charge in [-0.05, 0) is 29.8 Å². The van der Waals surface area contributed by atoms with E-state index in [2.05, 4.69) is 10.3 Å². The number of nitrogens with two attached hydrogens (primary N) is 1. The maximum absolute atomic E-state index is 12.1. The Morgan fingerprint density at radius 2 is 1.83 bits per heavy atom. The van der Waals surface area contributed by atoms with Crippen molar-refractivity contribution < 1.29 is 14.8 Å². The van der Waals surface area contributed by atoms with Crippen molar-refractivity contribution >= 4 is 23.4 Å². The van der Waals surface area contributed by atoms with E-state index < -0.39 is 17.9 Å². The topological polar surface area (TPSA) is 117 Å². The van der Waals surface area contributed by atoms with Crippen molar-refractivity contribution in [3.8, 4) is 11.1 Å². The lowest BCUT2D eigenvalue weighted by molar-refractivity contribution is -0.130. The average molecular weight is 335 g/mol. The van der Waals surface area contributed by atoms with E-state index in [0.717, 1.165) is 11.1 Å². The van der Waals surface area contributed by atoms with Gasteiger partial charge in [-0.25, -0.2) is 10.5 Å². The predicted molar refractivity (Wildman–Crippen MR) is 84.9 cm³/mol. The van der Waals surface area contributed by atoms with Crippen molar-refractivity contribution in [2.24, 2.45) is 5.73 Å². The highest BCUT2D eigenvalue weighted by atomic mass is 35.5. The normalized spacial score (nSPS) is 11.6. The molecule has 0 unspecified atom stereocenters. The summed E-state index contributed by atoms with van der Waals surface area (Å²) in [5.74, 6) is -1.24. The van der Waals surface area contributed by atoms with E-state index in [0.29, 0.717) is 10.7 Å². The van der Waals surface area contributed by atoms with Gasteiger partial charge in [-0.1, -0.05) is 23.7 Å². The lowest BCUT2D eigenvalue weighted by Crippen LogP contribution is -2.50. The molecule has 0 fully saturated rings.